The monoisotopic (exact) mass is 193 g/mol. The van der Waals surface area contributed by atoms with Gasteiger partial charge in [-0.15, -0.1) is 12.4 Å². The number of halogens is 1. The van der Waals surface area contributed by atoms with Crippen LogP contribution < -0.4 is 0 Å². The Balaban J connectivity index is 0.00000121. The van der Waals surface area contributed by atoms with E-state index in [9.17, 15) is 4.79 Å². The van der Waals surface area contributed by atoms with Gasteiger partial charge in [-0.05, 0) is 18.8 Å². The molecule has 0 aromatic rings. The third kappa shape index (κ3) is 2.89. The summed E-state index contributed by atoms with van der Waals surface area (Å²) in [6, 6.07) is 0. The standard InChI is InChI=1S/C8H15NO2.ClH/c1-2-7-4-3-5-9(6-7)8(10)11;/h7H,2-6H2,1H3,(H,10,11);1H. The first-order chi connectivity index (χ1) is 5.24. The first-order valence-electron chi connectivity index (χ1n) is 4.22. The molecular weight excluding hydrogens is 178 g/mol. The molecule has 0 aromatic heterocycles. The fraction of sp³-hybridized carbons (Fsp3) is 0.875. The summed E-state index contributed by atoms with van der Waals surface area (Å²) < 4.78 is 0. The van der Waals surface area contributed by atoms with Crippen LogP contribution in [-0.4, -0.2) is 29.2 Å². The predicted octanol–water partition coefficient (Wildman–Crippen LogP) is 2.21. The van der Waals surface area contributed by atoms with E-state index in [-0.39, 0.29) is 12.4 Å². The third-order valence-corrected chi connectivity index (χ3v) is 2.37. The summed E-state index contributed by atoms with van der Waals surface area (Å²) in [6.45, 7) is 3.59. The summed E-state index contributed by atoms with van der Waals surface area (Å²) in [5.41, 5.74) is 0. The fourth-order valence-corrected chi connectivity index (χ4v) is 1.57. The highest BCUT2D eigenvalue weighted by atomic mass is 35.5. The highest BCUT2D eigenvalue weighted by molar-refractivity contribution is 5.85. The number of hydrogen-bond acceptors (Lipinski definition) is 1. The zero-order valence-electron chi connectivity index (χ0n) is 7.32. The van der Waals surface area contributed by atoms with E-state index in [2.05, 4.69) is 6.92 Å². The summed E-state index contributed by atoms with van der Waals surface area (Å²) in [5, 5.41) is 8.68. The highest BCUT2D eigenvalue weighted by Crippen LogP contribution is 2.18. The van der Waals surface area contributed by atoms with Gasteiger partial charge in [0.1, 0.15) is 0 Å². The van der Waals surface area contributed by atoms with Crippen molar-refractivity contribution in [1.29, 1.82) is 0 Å². The van der Waals surface area contributed by atoms with Gasteiger partial charge in [0.05, 0.1) is 0 Å². The van der Waals surface area contributed by atoms with Crippen molar-refractivity contribution < 1.29 is 9.90 Å². The third-order valence-electron chi connectivity index (χ3n) is 2.37. The van der Waals surface area contributed by atoms with Gasteiger partial charge in [-0.3, -0.25) is 0 Å². The number of carbonyl (C=O) groups is 1. The molecule has 1 N–H and O–H groups in total. The molecule has 1 aliphatic heterocycles. The minimum Gasteiger partial charge on any atom is -0.465 e. The molecule has 12 heavy (non-hydrogen) atoms. The minimum absolute atomic E-state index is 0. The molecular formula is C8H16ClNO2. The molecule has 1 rings (SSSR count). The Hall–Kier alpha value is -0.440. The molecule has 0 saturated carbocycles. The van der Waals surface area contributed by atoms with Crippen LogP contribution >= 0.6 is 12.4 Å². The number of piperidine rings is 1. The molecule has 1 amide bonds. The first kappa shape index (κ1) is 11.6. The van der Waals surface area contributed by atoms with Crippen LogP contribution in [0.1, 0.15) is 26.2 Å². The number of hydrogen-bond donors (Lipinski definition) is 1. The average molecular weight is 194 g/mol. The van der Waals surface area contributed by atoms with Gasteiger partial charge >= 0.3 is 6.09 Å². The van der Waals surface area contributed by atoms with E-state index >= 15 is 0 Å². The average Bonchev–Trinajstić information content (AvgIpc) is 2.05. The van der Waals surface area contributed by atoms with Crippen LogP contribution in [0.15, 0.2) is 0 Å². The summed E-state index contributed by atoms with van der Waals surface area (Å²) in [5.74, 6) is 0.597. The zero-order chi connectivity index (χ0) is 8.27. The maximum Gasteiger partial charge on any atom is 0.407 e. The van der Waals surface area contributed by atoms with E-state index in [0.717, 1.165) is 25.9 Å². The SMILES string of the molecule is CCC1CCCN(C(=O)O)C1.Cl. The second-order valence-corrected chi connectivity index (χ2v) is 3.15. The van der Waals surface area contributed by atoms with Gasteiger partial charge in [0.25, 0.3) is 0 Å². The number of nitrogens with zero attached hydrogens (tertiary/aromatic N) is 1. The second-order valence-electron chi connectivity index (χ2n) is 3.15. The van der Waals surface area contributed by atoms with Crippen molar-refractivity contribution in [1.82, 2.24) is 4.90 Å². The van der Waals surface area contributed by atoms with Crippen molar-refractivity contribution in [3.05, 3.63) is 0 Å². The van der Waals surface area contributed by atoms with Crippen LogP contribution in [0.4, 0.5) is 4.79 Å². The van der Waals surface area contributed by atoms with Crippen molar-refractivity contribution in [2.75, 3.05) is 13.1 Å². The van der Waals surface area contributed by atoms with Crippen molar-refractivity contribution in [2.24, 2.45) is 5.92 Å². The Bertz CT molecular complexity index is 152. The zero-order valence-corrected chi connectivity index (χ0v) is 8.14. The van der Waals surface area contributed by atoms with Gasteiger partial charge in [0, 0.05) is 13.1 Å². The molecule has 1 atom stereocenters. The van der Waals surface area contributed by atoms with Crippen LogP contribution in [0.3, 0.4) is 0 Å². The lowest BCUT2D eigenvalue weighted by Gasteiger charge is -2.29. The van der Waals surface area contributed by atoms with Crippen LogP contribution in [0.5, 0.6) is 0 Å². The molecule has 1 unspecified atom stereocenters. The summed E-state index contributed by atoms with van der Waals surface area (Å²) in [4.78, 5) is 12.1. The molecule has 4 heteroatoms. The molecule has 1 aliphatic rings. The number of amides is 1. The molecule has 0 radical (unpaired) electrons. The van der Waals surface area contributed by atoms with E-state index in [0.29, 0.717) is 5.92 Å². The van der Waals surface area contributed by atoms with E-state index < -0.39 is 6.09 Å². The molecule has 0 bridgehead atoms. The lowest BCUT2D eigenvalue weighted by molar-refractivity contribution is 0.119. The van der Waals surface area contributed by atoms with Gasteiger partial charge in [-0.1, -0.05) is 13.3 Å². The Labute approximate surface area is 79.2 Å². The highest BCUT2D eigenvalue weighted by Gasteiger charge is 2.21. The van der Waals surface area contributed by atoms with Gasteiger partial charge in [-0.25, -0.2) is 4.79 Å². The lowest BCUT2D eigenvalue weighted by Crippen LogP contribution is -2.38. The molecule has 1 fully saturated rings. The Morgan fingerprint density at radius 1 is 1.67 bits per heavy atom. The molecule has 72 valence electrons. The van der Waals surface area contributed by atoms with Gasteiger partial charge in [0.2, 0.25) is 0 Å². The molecule has 1 heterocycles. The van der Waals surface area contributed by atoms with E-state index in [1.54, 1.807) is 0 Å². The normalized spacial score (nSPS) is 23.1. The topological polar surface area (TPSA) is 40.5 Å². The summed E-state index contributed by atoms with van der Waals surface area (Å²) in [7, 11) is 0. The fourth-order valence-electron chi connectivity index (χ4n) is 1.57. The molecule has 0 spiro atoms. The van der Waals surface area contributed by atoms with Crippen LogP contribution in [0.2, 0.25) is 0 Å². The minimum atomic E-state index is -0.761. The van der Waals surface area contributed by atoms with Gasteiger partial charge in [0.15, 0.2) is 0 Å². The maximum atomic E-state index is 10.5. The van der Waals surface area contributed by atoms with Crippen LogP contribution in [-0.2, 0) is 0 Å². The van der Waals surface area contributed by atoms with Crippen LogP contribution in [0, 0.1) is 5.92 Å². The molecule has 3 nitrogen and oxygen atoms in total. The molecule has 0 aliphatic carbocycles. The van der Waals surface area contributed by atoms with E-state index in [4.69, 9.17) is 5.11 Å². The van der Waals surface area contributed by atoms with Crippen molar-refractivity contribution in [3.8, 4) is 0 Å². The lowest BCUT2D eigenvalue weighted by atomic mass is 9.96. The Morgan fingerprint density at radius 2 is 2.33 bits per heavy atom. The van der Waals surface area contributed by atoms with Crippen molar-refractivity contribution >= 4 is 18.5 Å². The quantitative estimate of drug-likeness (QED) is 0.694. The second kappa shape index (κ2) is 5.25. The largest absolute Gasteiger partial charge is 0.465 e. The number of likely N-dealkylation sites (tertiary alicyclic amines) is 1. The Kier molecular flexibility index (Phi) is 5.06. The summed E-state index contributed by atoms with van der Waals surface area (Å²) >= 11 is 0. The Morgan fingerprint density at radius 3 is 2.83 bits per heavy atom. The smallest absolute Gasteiger partial charge is 0.407 e. The molecule has 0 aromatic carbocycles. The number of carboxylic acid groups (broad SMARTS) is 1. The predicted molar refractivity (Wildman–Crippen MR) is 49.9 cm³/mol. The van der Waals surface area contributed by atoms with E-state index in [1.165, 1.54) is 11.3 Å². The van der Waals surface area contributed by atoms with Crippen molar-refractivity contribution in [2.45, 2.75) is 26.2 Å². The van der Waals surface area contributed by atoms with Crippen molar-refractivity contribution in [3.63, 3.8) is 0 Å². The van der Waals surface area contributed by atoms with Crippen LogP contribution in [0.25, 0.3) is 0 Å². The van der Waals surface area contributed by atoms with E-state index in [1.807, 2.05) is 0 Å². The molecule has 1 saturated heterocycles. The maximum absolute atomic E-state index is 10.5. The van der Waals surface area contributed by atoms with Gasteiger partial charge in [-0.2, -0.15) is 0 Å². The first-order valence-corrected chi connectivity index (χ1v) is 4.22. The summed E-state index contributed by atoms with van der Waals surface area (Å²) in [6.07, 6.45) is 2.57. The number of rotatable bonds is 1. The van der Waals surface area contributed by atoms with Gasteiger partial charge < -0.3 is 10.0 Å².